The molecule has 3 N–H and O–H groups in total. The van der Waals surface area contributed by atoms with Crippen LogP contribution in [-0.2, 0) is 0 Å². The molecule has 0 aliphatic heterocycles. The fourth-order valence-corrected chi connectivity index (χ4v) is 1.42. The second-order valence-corrected chi connectivity index (χ2v) is 3.36. The van der Waals surface area contributed by atoms with Crippen molar-refractivity contribution in [3.8, 4) is 0 Å². The minimum atomic E-state index is -0.443. The first kappa shape index (κ1) is 10.2. The van der Waals surface area contributed by atoms with E-state index in [0.29, 0.717) is 6.42 Å². The van der Waals surface area contributed by atoms with Crippen LogP contribution < -0.4 is 5.73 Å². The van der Waals surface area contributed by atoms with Crippen molar-refractivity contribution in [3.05, 3.63) is 35.4 Å². The van der Waals surface area contributed by atoms with Gasteiger partial charge in [-0.25, -0.2) is 0 Å². The van der Waals surface area contributed by atoms with Gasteiger partial charge in [-0.2, -0.15) is 0 Å². The summed E-state index contributed by atoms with van der Waals surface area (Å²) in [7, 11) is 0. The maximum atomic E-state index is 9.58. The van der Waals surface area contributed by atoms with Crippen molar-refractivity contribution in [2.75, 3.05) is 0 Å². The molecule has 2 heteroatoms. The molecule has 0 spiro atoms. The van der Waals surface area contributed by atoms with E-state index >= 15 is 0 Å². The van der Waals surface area contributed by atoms with Gasteiger partial charge in [0, 0.05) is 0 Å². The Morgan fingerprint density at radius 2 is 2.00 bits per heavy atom. The van der Waals surface area contributed by atoms with Gasteiger partial charge in [0.05, 0.1) is 12.1 Å². The molecule has 0 unspecified atom stereocenters. The lowest BCUT2D eigenvalue weighted by atomic mass is 9.97. The lowest BCUT2D eigenvalue weighted by molar-refractivity contribution is 0.140. The van der Waals surface area contributed by atoms with E-state index in [0.717, 1.165) is 11.1 Å². The van der Waals surface area contributed by atoms with Crippen LogP contribution in [0.4, 0.5) is 0 Å². The molecule has 0 bridgehead atoms. The van der Waals surface area contributed by atoms with Crippen LogP contribution in [0.3, 0.4) is 0 Å². The summed E-state index contributed by atoms with van der Waals surface area (Å²) in [6.45, 7) is 3.94. The maximum Gasteiger partial charge on any atom is 0.0730 e. The molecule has 13 heavy (non-hydrogen) atoms. The maximum absolute atomic E-state index is 9.58. The smallest absolute Gasteiger partial charge is 0.0730 e. The lowest BCUT2D eigenvalue weighted by Gasteiger charge is -2.19. The molecule has 0 heterocycles. The molecule has 0 radical (unpaired) electrons. The number of benzene rings is 1. The van der Waals surface area contributed by atoms with Gasteiger partial charge >= 0.3 is 0 Å². The van der Waals surface area contributed by atoms with Crippen LogP contribution in [0.1, 0.15) is 30.5 Å². The zero-order chi connectivity index (χ0) is 9.84. The Morgan fingerprint density at radius 3 is 2.54 bits per heavy atom. The first-order chi connectivity index (χ1) is 6.16. The second-order valence-electron chi connectivity index (χ2n) is 3.36. The average Bonchev–Trinajstić information content (AvgIpc) is 2.16. The topological polar surface area (TPSA) is 46.2 Å². The average molecular weight is 179 g/mol. The van der Waals surface area contributed by atoms with Crippen LogP contribution in [0, 0.1) is 6.92 Å². The lowest BCUT2D eigenvalue weighted by Crippen LogP contribution is -2.26. The molecular weight excluding hydrogens is 162 g/mol. The highest BCUT2D eigenvalue weighted by molar-refractivity contribution is 5.29. The van der Waals surface area contributed by atoms with E-state index in [1.165, 1.54) is 0 Å². The van der Waals surface area contributed by atoms with Gasteiger partial charge in [-0.3, -0.25) is 0 Å². The summed E-state index contributed by atoms with van der Waals surface area (Å²) < 4.78 is 0. The van der Waals surface area contributed by atoms with Crippen molar-refractivity contribution in [1.29, 1.82) is 0 Å². The van der Waals surface area contributed by atoms with E-state index in [1.807, 2.05) is 38.1 Å². The van der Waals surface area contributed by atoms with Gasteiger partial charge in [0.15, 0.2) is 0 Å². The van der Waals surface area contributed by atoms with Crippen molar-refractivity contribution in [2.24, 2.45) is 5.73 Å². The Bertz CT molecular complexity index is 273. The highest BCUT2D eigenvalue weighted by Crippen LogP contribution is 2.19. The van der Waals surface area contributed by atoms with Crippen molar-refractivity contribution in [3.63, 3.8) is 0 Å². The second kappa shape index (κ2) is 4.40. The Balaban J connectivity index is 2.88. The monoisotopic (exact) mass is 179 g/mol. The molecule has 0 aliphatic rings. The Morgan fingerprint density at radius 1 is 1.38 bits per heavy atom. The summed E-state index contributed by atoms with van der Waals surface area (Å²) in [5, 5.41) is 9.58. The van der Waals surface area contributed by atoms with E-state index in [-0.39, 0.29) is 6.04 Å². The molecule has 1 aromatic carbocycles. The molecule has 2 nitrogen and oxygen atoms in total. The van der Waals surface area contributed by atoms with Crippen molar-refractivity contribution in [2.45, 2.75) is 32.4 Å². The Labute approximate surface area is 79.4 Å². The van der Waals surface area contributed by atoms with Gasteiger partial charge in [-0.1, -0.05) is 31.2 Å². The van der Waals surface area contributed by atoms with E-state index in [4.69, 9.17) is 5.73 Å². The number of aryl methyl sites for hydroxylation is 1. The van der Waals surface area contributed by atoms with Gasteiger partial charge in [0.25, 0.3) is 0 Å². The zero-order valence-electron chi connectivity index (χ0n) is 8.20. The van der Waals surface area contributed by atoms with E-state index in [9.17, 15) is 5.11 Å². The van der Waals surface area contributed by atoms with Gasteiger partial charge in [0.1, 0.15) is 0 Å². The highest BCUT2D eigenvalue weighted by atomic mass is 16.3. The minimum absolute atomic E-state index is 0.258. The first-order valence-corrected chi connectivity index (χ1v) is 4.66. The van der Waals surface area contributed by atoms with Crippen molar-refractivity contribution in [1.82, 2.24) is 0 Å². The van der Waals surface area contributed by atoms with Gasteiger partial charge in [-0.15, -0.1) is 0 Å². The summed E-state index contributed by atoms with van der Waals surface area (Å²) in [4.78, 5) is 0. The molecule has 2 atom stereocenters. The molecule has 0 fully saturated rings. The molecule has 0 aromatic heterocycles. The minimum Gasteiger partial charge on any atom is -0.391 e. The Hall–Kier alpha value is -0.860. The van der Waals surface area contributed by atoms with Gasteiger partial charge in [-0.05, 0) is 24.5 Å². The number of nitrogens with two attached hydrogens (primary N) is 1. The quantitative estimate of drug-likeness (QED) is 0.742. The first-order valence-electron chi connectivity index (χ1n) is 4.66. The summed E-state index contributed by atoms with van der Waals surface area (Å²) in [5.74, 6) is 0. The summed E-state index contributed by atoms with van der Waals surface area (Å²) >= 11 is 0. The molecular formula is C11H17NO. The van der Waals surface area contributed by atoms with Crippen LogP contribution in [0.15, 0.2) is 24.3 Å². The number of hydrogen-bond donors (Lipinski definition) is 2. The third-order valence-corrected chi connectivity index (χ3v) is 2.38. The third-order valence-electron chi connectivity index (χ3n) is 2.38. The zero-order valence-corrected chi connectivity index (χ0v) is 8.20. The fourth-order valence-electron chi connectivity index (χ4n) is 1.42. The predicted molar refractivity (Wildman–Crippen MR) is 54.4 cm³/mol. The standard InChI is InChI=1S/C11H17NO/c1-3-10(13)11(12)9-7-5-4-6-8(9)2/h4-7,10-11,13H,3,12H2,1-2H3/t10-,11+/m0/s1. The molecule has 1 rings (SSSR count). The van der Waals surface area contributed by atoms with Gasteiger partial charge in [0.2, 0.25) is 0 Å². The van der Waals surface area contributed by atoms with E-state index in [2.05, 4.69) is 0 Å². The number of aliphatic hydroxyl groups is 1. The summed E-state index contributed by atoms with van der Waals surface area (Å²) in [6.07, 6.45) is 0.247. The highest BCUT2D eigenvalue weighted by Gasteiger charge is 2.15. The van der Waals surface area contributed by atoms with Crippen molar-refractivity contribution >= 4 is 0 Å². The molecule has 0 aliphatic carbocycles. The molecule has 0 saturated carbocycles. The SMILES string of the molecule is CC[C@H](O)[C@H](N)c1ccccc1C. The van der Waals surface area contributed by atoms with E-state index in [1.54, 1.807) is 0 Å². The van der Waals surface area contributed by atoms with Crippen LogP contribution in [-0.4, -0.2) is 11.2 Å². The number of aliphatic hydroxyl groups excluding tert-OH is 1. The van der Waals surface area contributed by atoms with Crippen molar-refractivity contribution < 1.29 is 5.11 Å². The normalized spacial score (nSPS) is 15.4. The largest absolute Gasteiger partial charge is 0.391 e. The third kappa shape index (κ3) is 2.29. The molecule has 0 saturated heterocycles. The van der Waals surface area contributed by atoms with E-state index < -0.39 is 6.10 Å². The Kier molecular flexibility index (Phi) is 3.46. The van der Waals surface area contributed by atoms with Crippen LogP contribution >= 0.6 is 0 Å². The van der Waals surface area contributed by atoms with Crippen LogP contribution in [0.2, 0.25) is 0 Å². The molecule has 0 amide bonds. The summed E-state index contributed by atoms with van der Waals surface area (Å²) in [6, 6.07) is 7.65. The molecule has 72 valence electrons. The number of rotatable bonds is 3. The van der Waals surface area contributed by atoms with Crippen LogP contribution in [0.5, 0.6) is 0 Å². The summed E-state index contributed by atoms with van der Waals surface area (Å²) in [5.41, 5.74) is 8.08. The van der Waals surface area contributed by atoms with Gasteiger partial charge < -0.3 is 10.8 Å². The number of hydrogen-bond acceptors (Lipinski definition) is 2. The molecule has 1 aromatic rings. The fraction of sp³-hybridized carbons (Fsp3) is 0.455. The van der Waals surface area contributed by atoms with Crippen LogP contribution in [0.25, 0.3) is 0 Å². The predicted octanol–water partition coefficient (Wildman–Crippen LogP) is 1.77.